The van der Waals surface area contributed by atoms with E-state index in [0.717, 1.165) is 13.1 Å². The maximum atomic E-state index is 12.5. The van der Waals surface area contributed by atoms with E-state index in [0.29, 0.717) is 18.7 Å². The molecule has 1 aliphatic rings. The van der Waals surface area contributed by atoms with Crippen molar-refractivity contribution >= 4 is 23.4 Å². The van der Waals surface area contributed by atoms with Crippen LogP contribution in [-0.2, 0) is 4.79 Å². The van der Waals surface area contributed by atoms with Gasteiger partial charge in [-0.2, -0.15) is 0 Å². The lowest BCUT2D eigenvalue weighted by atomic mass is 10.1. The Hall–Kier alpha value is -1.99. The minimum Gasteiger partial charge on any atom is -0.493 e. The van der Waals surface area contributed by atoms with Crippen LogP contribution in [0.4, 0.5) is 0 Å². The molecule has 1 aromatic rings. The number of amides is 2. The monoisotopic (exact) mass is 327 g/mol. The number of nitrogens with one attached hydrogen (secondary N) is 1. The molecule has 1 heterocycles. The third-order valence-electron chi connectivity index (χ3n) is 3.24. The highest BCUT2D eigenvalue weighted by Crippen LogP contribution is 2.36. The second kappa shape index (κ2) is 7.33. The Morgan fingerprint density at radius 1 is 1.36 bits per heavy atom. The quantitative estimate of drug-likeness (QED) is 0.809. The number of carbonyl (C=O) groups is 2. The smallest absolute Gasteiger partial charge is 0.255 e. The summed E-state index contributed by atoms with van der Waals surface area (Å²) >= 11 is 6.14. The molecule has 8 heteroatoms. The zero-order chi connectivity index (χ0) is 16.1. The van der Waals surface area contributed by atoms with Crippen molar-refractivity contribution in [1.82, 2.24) is 10.2 Å². The van der Waals surface area contributed by atoms with Gasteiger partial charge in [-0.1, -0.05) is 11.6 Å². The number of halogens is 1. The first kappa shape index (κ1) is 16.4. The first-order chi connectivity index (χ1) is 10.5. The molecule has 3 N–H and O–H groups in total. The molecule has 2 rings (SSSR count). The molecule has 0 unspecified atom stereocenters. The van der Waals surface area contributed by atoms with Crippen LogP contribution >= 0.6 is 11.6 Å². The molecule has 0 atom stereocenters. The molecule has 0 spiro atoms. The Labute approximate surface area is 133 Å². The van der Waals surface area contributed by atoms with Crippen LogP contribution in [-0.4, -0.2) is 56.6 Å². The topological polar surface area (TPSA) is 93.9 Å². The van der Waals surface area contributed by atoms with Gasteiger partial charge in [0, 0.05) is 31.7 Å². The number of piperazine rings is 1. The van der Waals surface area contributed by atoms with Gasteiger partial charge in [0.1, 0.15) is 0 Å². The number of hydrogen-bond donors (Lipinski definition) is 2. The van der Waals surface area contributed by atoms with Gasteiger partial charge in [0.15, 0.2) is 18.1 Å². The SMILES string of the molecule is COc1cc(C(=O)N2CCNCC2)cc(Cl)c1OCC(N)=O. The summed E-state index contributed by atoms with van der Waals surface area (Å²) in [5.74, 6) is -0.269. The summed E-state index contributed by atoms with van der Waals surface area (Å²) in [6, 6.07) is 3.05. The summed E-state index contributed by atoms with van der Waals surface area (Å²) in [5.41, 5.74) is 5.46. The van der Waals surface area contributed by atoms with Gasteiger partial charge in [-0.15, -0.1) is 0 Å². The van der Waals surface area contributed by atoms with E-state index >= 15 is 0 Å². The molecular weight excluding hydrogens is 310 g/mol. The molecule has 7 nitrogen and oxygen atoms in total. The highest BCUT2D eigenvalue weighted by molar-refractivity contribution is 6.32. The van der Waals surface area contributed by atoms with Gasteiger partial charge in [-0.25, -0.2) is 0 Å². The number of methoxy groups -OCH3 is 1. The molecule has 1 aromatic carbocycles. The normalized spacial score (nSPS) is 14.5. The number of benzene rings is 1. The molecule has 1 saturated heterocycles. The summed E-state index contributed by atoms with van der Waals surface area (Å²) in [5, 5.41) is 3.38. The van der Waals surface area contributed by atoms with E-state index in [9.17, 15) is 9.59 Å². The van der Waals surface area contributed by atoms with Crippen LogP contribution in [0.2, 0.25) is 5.02 Å². The number of rotatable bonds is 5. The number of carbonyl (C=O) groups excluding carboxylic acids is 2. The lowest BCUT2D eigenvalue weighted by Crippen LogP contribution is -2.46. The predicted molar refractivity (Wildman–Crippen MR) is 81.5 cm³/mol. The zero-order valence-corrected chi connectivity index (χ0v) is 13.0. The molecule has 1 fully saturated rings. The van der Waals surface area contributed by atoms with E-state index < -0.39 is 5.91 Å². The lowest BCUT2D eigenvalue weighted by Gasteiger charge is -2.27. The van der Waals surface area contributed by atoms with Crippen LogP contribution in [0, 0.1) is 0 Å². The minimum absolute atomic E-state index is 0.122. The van der Waals surface area contributed by atoms with Crippen molar-refractivity contribution in [2.24, 2.45) is 5.73 Å². The summed E-state index contributed by atoms with van der Waals surface area (Å²) < 4.78 is 10.4. The van der Waals surface area contributed by atoms with Crippen molar-refractivity contribution < 1.29 is 19.1 Å². The maximum absolute atomic E-state index is 12.5. The summed E-state index contributed by atoms with van der Waals surface area (Å²) in [4.78, 5) is 25.0. The minimum atomic E-state index is -0.626. The Morgan fingerprint density at radius 3 is 2.64 bits per heavy atom. The molecule has 120 valence electrons. The van der Waals surface area contributed by atoms with Gasteiger partial charge >= 0.3 is 0 Å². The van der Waals surface area contributed by atoms with Crippen LogP contribution in [0.15, 0.2) is 12.1 Å². The van der Waals surface area contributed by atoms with E-state index in [1.165, 1.54) is 13.2 Å². The Kier molecular flexibility index (Phi) is 5.46. The van der Waals surface area contributed by atoms with Crippen molar-refractivity contribution in [2.75, 3.05) is 39.9 Å². The number of ether oxygens (including phenoxy) is 2. The fourth-order valence-corrected chi connectivity index (χ4v) is 2.44. The summed E-state index contributed by atoms with van der Waals surface area (Å²) in [6.45, 7) is 2.48. The van der Waals surface area contributed by atoms with E-state index in [1.807, 2.05) is 0 Å². The maximum Gasteiger partial charge on any atom is 0.255 e. The predicted octanol–water partition coefficient (Wildman–Crippen LogP) is 0.258. The fourth-order valence-electron chi connectivity index (χ4n) is 2.18. The van der Waals surface area contributed by atoms with Crippen LogP contribution < -0.4 is 20.5 Å². The average molecular weight is 328 g/mol. The van der Waals surface area contributed by atoms with Crippen molar-refractivity contribution in [3.05, 3.63) is 22.7 Å². The Bertz CT molecular complexity index is 573. The third kappa shape index (κ3) is 3.80. The van der Waals surface area contributed by atoms with E-state index in [1.54, 1.807) is 11.0 Å². The highest BCUT2D eigenvalue weighted by atomic mass is 35.5. The molecule has 0 radical (unpaired) electrons. The molecule has 0 saturated carbocycles. The molecule has 0 aliphatic carbocycles. The second-order valence-corrected chi connectivity index (χ2v) is 5.19. The van der Waals surface area contributed by atoms with Gasteiger partial charge in [0.05, 0.1) is 12.1 Å². The van der Waals surface area contributed by atoms with Gasteiger partial charge in [-0.3, -0.25) is 9.59 Å². The first-order valence-corrected chi connectivity index (χ1v) is 7.19. The number of nitrogens with zero attached hydrogens (tertiary/aromatic N) is 1. The summed E-state index contributed by atoms with van der Waals surface area (Å²) in [7, 11) is 1.43. The van der Waals surface area contributed by atoms with Crippen LogP contribution in [0.1, 0.15) is 10.4 Å². The molecule has 22 heavy (non-hydrogen) atoms. The van der Waals surface area contributed by atoms with Crippen LogP contribution in [0.5, 0.6) is 11.5 Å². The Balaban J connectivity index is 2.24. The second-order valence-electron chi connectivity index (χ2n) is 4.79. The standard InChI is InChI=1S/C14H18ClN3O4/c1-21-11-7-9(14(20)18-4-2-17-3-5-18)6-10(15)13(11)22-8-12(16)19/h6-7,17H,2-5,8H2,1H3,(H2,16,19). The van der Waals surface area contributed by atoms with Gasteiger partial charge < -0.3 is 25.4 Å². The van der Waals surface area contributed by atoms with Crippen molar-refractivity contribution in [3.63, 3.8) is 0 Å². The van der Waals surface area contributed by atoms with E-state index in [-0.39, 0.29) is 29.0 Å². The summed E-state index contributed by atoms with van der Waals surface area (Å²) in [6.07, 6.45) is 0. The van der Waals surface area contributed by atoms with Crippen molar-refractivity contribution in [1.29, 1.82) is 0 Å². The van der Waals surface area contributed by atoms with Gasteiger partial charge in [0.25, 0.3) is 11.8 Å². The lowest BCUT2D eigenvalue weighted by molar-refractivity contribution is -0.119. The van der Waals surface area contributed by atoms with Crippen molar-refractivity contribution in [3.8, 4) is 11.5 Å². The van der Waals surface area contributed by atoms with E-state index in [4.69, 9.17) is 26.8 Å². The number of primary amides is 1. The third-order valence-corrected chi connectivity index (χ3v) is 3.52. The zero-order valence-electron chi connectivity index (χ0n) is 12.2. The number of nitrogens with two attached hydrogens (primary N) is 1. The van der Waals surface area contributed by atoms with Crippen LogP contribution in [0.25, 0.3) is 0 Å². The molecular formula is C14H18ClN3O4. The molecule has 2 amide bonds. The highest BCUT2D eigenvalue weighted by Gasteiger charge is 2.21. The average Bonchev–Trinajstić information content (AvgIpc) is 2.52. The first-order valence-electron chi connectivity index (χ1n) is 6.81. The van der Waals surface area contributed by atoms with Gasteiger partial charge in [0.2, 0.25) is 0 Å². The number of hydrogen-bond acceptors (Lipinski definition) is 5. The molecule has 0 bridgehead atoms. The molecule has 0 aromatic heterocycles. The molecule has 1 aliphatic heterocycles. The van der Waals surface area contributed by atoms with E-state index in [2.05, 4.69) is 5.32 Å². The van der Waals surface area contributed by atoms with Crippen molar-refractivity contribution in [2.45, 2.75) is 0 Å². The largest absolute Gasteiger partial charge is 0.493 e. The Morgan fingerprint density at radius 2 is 2.05 bits per heavy atom. The fraction of sp³-hybridized carbons (Fsp3) is 0.429. The van der Waals surface area contributed by atoms with Gasteiger partial charge in [-0.05, 0) is 12.1 Å². The van der Waals surface area contributed by atoms with Crippen LogP contribution in [0.3, 0.4) is 0 Å².